The zero-order valence-electron chi connectivity index (χ0n) is 19.4. The Kier molecular flexibility index (Phi) is 7.38. The number of methoxy groups -OCH3 is 1. The van der Waals surface area contributed by atoms with Crippen molar-refractivity contribution in [2.24, 2.45) is 0 Å². The van der Waals surface area contributed by atoms with Gasteiger partial charge < -0.3 is 9.26 Å². The van der Waals surface area contributed by atoms with Gasteiger partial charge in [-0.3, -0.25) is 4.84 Å². The first-order valence-electron chi connectivity index (χ1n) is 10.5. The first kappa shape index (κ1) is 24.0. The molecule has 3 rings (SSSR count). The fourth-order valence-electron chi connectivity index (χ4n) is 3.37. The minimum atomic E-state index is -4.16. The Morgan fingerprint density at radius 1 is 1.03 bits per heavy atom. The zero-order chi connectivity index (χ0) is 23.5. The molecule has 0 unspecified atom stereocenters. The lowest BCUT2D eigenvalue weighted by molar-refractivity contribution is 0.0727. The third-order valence-electron chi connectivity index (χ3n) is 5.37. The lowest BCUT2D eigenvalue weighted by Crippen LogP contribution is -2.33. The van der Waals surface area contributed by atoms with Gasteiger partial charge in [-0.25, -0.2) is 0 Å². The monoisotopic (exact) mass is 458 g/mol. The van der Waals surface area contributed by atoms with Crippen molar-refractivity contribution in [3.8, 4) is 11.1 Å². The number of rotatable bonds is 9. The van der Waals surface area contributed by atoms with E-state index in [2.05, 4.69) is 19.0 Å². The molecule has 0 amide bonds. The van der Waals surface area contributed by atoms with Gasteiger partial charge in [0.25, 0.3) is 15.9 Å². The predicted molar refractivity (Wildman–Crippen MR) is 124 cm³/mol. The van der Waals surface area contributed by atoms with Crippen molar-refractivity contribution in [1.82, 2.24) is 5.16 Å². The second-order valence-electron chi connectivity index (χ2n) is 7.98. The minimum absolute atomic E-state index is 0.0270. The van der Waals surface area contributed by atoms with E-state index in [4.69, 9.17) is 14.1 Å². The average molecular weight is 459 g/mol. The van der Waals surface area contributed by atoms with Gasteiger partial charge in [-0.2, -0.15) is 8.42 Å². The molecule has 172 valence electrons. The molecule has 0 radical (unpaired) electrons. The van der Waals surface area contributed by atoms with Crippen LogP contribution >= 0.6 is 0 Å². The fraction of sp³-hybridized carbons (Fsp3) is 0.375. The van der Waals surface area contributed by atoms with E-state index in [-0.39, 0.29) is 24.0 Å². The summed E-state index contributed by atoms with van der Waals surface area (Å²) in [5.41, 5.74) is 4.36. The van der Waals surface area contributed by atoms with Crippen LogP contribution in [0.2, 0.25) is 0 Å². The summed E-state index contributed by atoms with van der Waals surface area (Å²) in [5, 5.41) is 3.91. The highest BCUT2D eigenvalue weighted by molar-refractivity contribution is 7.92. The standard InChI is InChI=1S/C24H30N2O5S/c1-16(2)20-10-12-21(13-11-20)22-9-7-8-17(3)23(22)32(27,28)26(30-15-14-29-6)24-18(4)19(5)25-31-24/h7-13,16H,14-15H2,1-6H3. The maximum Gasteiger partial charge on any atom is 0.290 e. The van der Waals surface area contributed by atoms with E-state index in [0.717, 1.165) is 10.0 Å². The highest BCUT2D eigenvalue weighted by atomic mass is 32.2. The van der Waals surface area contributed by atoms with Crippen molar-refractivity contribution in [1.29, 1.82) is 0 Å². The van der Waals surface area contributed by atoms with E-state index in [1.54, 1.807) is 32.9 Å². The molecule has 0 atom stereocenters. The Bertz CT molecular complexity index is 1170. The smallest absolute Gasteiger partial charge is 0.290 e. The summed E-state index contributed by atoms with van der Waals surface area (Å²) >= 11 is 0. The van der Waals surface area contributed by atoms with Gasteiger partial charge >= 0.3 is 0 Å². The van der Waals surface area contributed by atoms with E-state index in [1.807, 2.05) is 30.3 Å². The van der Waals surface area contributed by atoms with E-state index in [9.17, 15) is 8.42 Å². The molecule has 0 spiro atoms. The van der Waals surface area contributed by atoms with Crippen LogP contribution in [0.5, 0.6) is 0 Å². The fourth-order valence-corrected chi connectivity index (χ4v) is 5.07. The van der Waals surface area contributed by atoms with Gasteiger partial charge in [-0.05, 0) is 43.4 Å². The van der Waals surface area contributed by atoms with Gasteiger partial charge in [0, 0.05) is 18.2 Å². The molecule has 0 aliphatic heterocycles. The molecule has 32 heavy (non-hydrogen) atoms. The van der Waals surface area contributed by atoms with Crippen molar-refractivity contribution in [2.75, 3.05) is 24.8 Å². The largest absolute Gasteiger partial charge is 0.382 e. The number of anilines is 1. The quantitative estimate of drug-likeness (QED) is 0.325. The zero-order valence-corrected chi connectivity index (χ0v) is 20.2. The van der Waals surface area contributed by atoms with Gasteiger partial charge in [0.1, 0.15) is 4.90 Å². The normalized spacial score (nSPS) is 11.8. The van der Waals surface area contributed by atoms with Gasteiger partial charge in [0.05, 0.1) is 18.9 Å². The van der Waals surface area contributed by atoms with E-state index in [1.165, 1.54) is 12.7 Å². The first-order chi connectivity index (χ1) is 15.2. The van der Waals surface area contributed by atoms with Gasteiger partial charge in [0.15, 0.2) is 0 Å². The Morgan fingerprint density at radius 3 is 2.28 bits per heavy atom. The summed E-state index contributed by atoms with van der Waals surface area (Å²) in [5.74, 6) is 0.412. The molecule has 7 nitrogen and oxygen atoms in total. The van der Waals surface area contributed by atoms with Crippen molar-refractivity contribution < 1.29 is 22.5 Å². The van der Waals surface area contributed by atoms with Crippen LogP contribution in [-0.4, -0.2) is 33.9 Å². The molecule has 0 saturated heterocycles. The molecule has 0 aliphatic carbocycles. The molecule has 0 aliphatic rings. The SMILES string of the molecule is COCCON(c1onc(C)c1C)S(=O)(=O)c1c(C)cccc1-c1ccc(C(C)C)cc1. The van der Waals surface area contributed by atoms with Crippen LogP contribution in [0.4, 0.5) is 5.88 Å². The Labute approximate surface area is 189 Å². The van der Waals surface area contributed by atoms with Crippen molar-refractivity contribution in [2.45, 2.75) is 45.4 Å². The minimum Gasteiger partial charge on any atom is -0.382 e. The van der Waals surface area contributed by atoms with Crippen molar-refractivity contribution in [3.63, 3.8) is 0 Å². The summed E-state index contributed by atoms with van der Waals surface area (Å²) in [6.45, 7) is 9.74. The van der Waals surface area contributed by atoms with Gasteiger partial charge in [0.2, 0.25) is 0 Å². The molecule has 1 heterocycles. The second kappa shape index (κ2) is 9.85. The number of sulfonamides is 1. The highest BCUT2D eigenvalue weighted by Crippen LogP contribution is 2.36. The number of nitrogens with zero attached hydrogens (tertiary/aromatic N) is 2. The van der Waals surface area contributed by atoms with Crippen LogP contribution in [-0.2, 0) is 19.6 Å². The Hall–Kier alpha value is -2.68. The van der Waals surface area contributed by atoms with Crippen LogP contribution in [0.1, 0.15) is 42.1 Å². The molecule has 2 aromatic carbocycles. The van der Waals surface area contributed by atoms with E-state index in [0.29, 0.717) is 28.3 Å². The van der Waals surface area contributed by atoms with Crippen LogP contribution in [0, 0.1) is 20.8 Å². The summed E-state index contributed by atoms with van der Waals surface area (Å²) in [6, 6.07) is 13.4. The molecule has 3 aromatic rings. The summed E-state index contributed by atoms with van der Waals surface area (Å²) < 4.78 is 39.1. The third-order valence-corrected chi connectivity index (χ3v) is 7.14. The number of aromatic nitrogens is 1. The molecule has 0 fully saturated rings. The predicted octanol–water partition coefficient (Wildman–Crippen LogP) is 5.16. The van der Waals surface area contributed by atoms with Crippen LogP contribution < -0.4 is 4.47 Å². The van der Waals surface area contributed by atoms with Crippen molar-refractivity contribution >= 4 is 15.9 Å². The molecular weight excluding hydrogens is 428 g/mol. The molecule has 0 saturated carbocycles. The van der Waals surface area contributed by atoms with Crippen LogP contribution in [0.25, 0.3) is 11.1 Å². The van der Waals surface area contributed by atoms with Crippen LogP contribution in [0.3, 0.4) is 0 Å². The maximum absolute atomic E-state index is 14.0. The topological polar surface area (TPSA) is 81.9 Å². The van der Waals surface area contributed by atoms with E-state index < -0.39 is 10.0 Å². The second-order valence-corrected chi connectivity index (χ2v) is 9.67. The molecule has 0 bridgehead atoms. The van der Waals surface area contributed by atoms with Gasteiger partial charge in [-0.15, -0.1) is 4.47 Å². The Balaban J connectivity index is 2.15. The lowest BCUT2D eigenvalue weighted by atomic mass is 9.98. The molecule has 0 N–H and O–H groups in total. The van der Waals surface area contributed by atoms with Gasteiger partial charge in [-0.1, -0.05) is 61.5 Å². The number of ether oxygens (including phenoxy) is 1. The molecule has 1 aromatic heterocycles. The number of hydrogen-bond donors (Lipinski definition) is 0. The summed E-state index contributed by atoms with van der Waals surface area (Å²) in [6.07, 6.45) is 0. The van der Waals surface area contributed by atoms with Crippen LogP contribution in [0.15, 0.2) is 51.9 Å². The summed E-state index contributed by atoms with van der Waals surface area (Å²) in [4.78, 5) is 5.82. The number of benzene rings is 2. The average Bonchev–Trinajstić information content (AvgIpc) is 3.09. The molecule has 8 heteroatoms. The highest BCUT2D eigenvalue weighted by Gasteiger charge is 2.34. The first-order valence-corrected chi connectivity index (χ1v) is 11.9. The van der Waals surface area contributed by atoms with Crippen molar-refractivity contribution in [3.05, 3.63) is 64.8 Å². The number of aryl methyl sites for hydroxylation is 2. The third kappa shape index (κ3) is 4.72. The summed E-state index contributed by atoms with van der Waals surface area (Å²) in [7, 11) is -2.64. The lowest BCUT2D eigenvalue weighted by Gasteiger charge is -2.23. The maximum atomic E-state index is 14.0. The molecular formula is C24H30N2O5S. The Morgan fingerprint density at radius 2 is 1.72 bits per heavy atom. The number of hydrogen-bond acceptors (Lipinski definition) is 6. The van der Waals surface area contributed by atoms with E-state index >= 15 is 0 Å².